The fraction of sp³-hybridized carbons (Fsp3) is 0.345. The van der Waals surface area contributed by atoms with E-state index >= 15 is 0 Å². The Morgan fingerprint density at radius 3 is 2.66 bits per heavy atom. The standard InChI is InChI=1S/C29H34ClN5O3/c1-5-7-8-14-38-26-12-11-21(15-23(26)30)33-29-20(18-31)19-32-24-17-27(37-6-2)25(16-22(24)29)34-28(36)10-9-13-35(3)4/h9-12,15-17,19H,5-8,13-14H2,1-4H3,(H,32,33)(H,34,36)/b10-9+. The van der Waals surface area contributed by atoms with Gasteiger partial charge in [-0.2, -0.15) is 5.26 Å². The van der Waals surface area contributed by atoms with Crippen molar-refractivity contribution in [2.75, 3.05) is 44.5 Å². The Balaban J connectivity index is 1.96. The fourth-order valence-electron chi connectivity index (χ4n) is 3.73. The van der Waals surface area contributed by atoms with Gasteiger partial charge in [-0.25, -0.2) is 0 Å². The molecule has 200 valence electrons. The SMILES string of the molecule is CCCCCOc1ccc(Nc2c(C#N)cnc3cc(OCC)c(NC(=O)/C=C/CN(C)C)cc23)cc1Cl. The summed E-state index contributed by atoms with van der Waals surface area (Å²) >= 11 is 6.48. The average molecular weight is 536 g/mol. The van der Waals surface area contributed by atoms with Crippen molar-refractivity contribution in [2.24, 2.45) is 0 Å². The van der Waals surface area contributed by atoms with Gasteiger partial charge >= 0.3 is 0 Å². The number of amides is 1. The quantitative estimate of drug-likeness (QED) is 0.189. The van der Waals surface area contributed by atoms with Crippen molar-refractivity contribution >= 4 is 45.5 Å². The number of anilines is 3. The predicted octanol–water partition coefficient (Wildman–Crippen LogP) is 6.53. The van der Waals surface area contributed by atoms with Crippen LogP contribution < -0.4 is 20.1 Å². The van der Waals surface area contributed by atoms with Gasteiger partial charge in [0.1, 0.15) is 17.6 Å². The van der Waals surface area contributed by atoms with Crippen LogP contribution in [-0.4, -0.2) is 49.6 Å². The van der Waals surface area contributed by atoms with Crippen LogP contribution in [0.2, 0.25) is 5.02 Å². The molecular formula is C29H34ClN5O3. The summed E-state index contributed by atoms with van der Waals surface area (Å²) in [5.74, 6) is 0.819. The topological polar surface area (TPSA) is 99.5 Å². The zero-order valence-electron chi connectivity index (χ0n) is 22.3. The van der Waals surface area contributed by atoms with Gasteiger partial charge in [-0.1, -0.05) is 37.4 Å². The molecule has 0 saturated heterocycles. The first kappa shape index (κ1) is 28.8. The summed E-state index contributed by atoms with van der Waals surface area (Å²) in [6, 6.07) is 11.1. The van der Waals surface area contributed by atoms with Crippen LogP contribution >= 0.6 is 11.6 Å². The van der Waals surface area contributed by atoms with Gasteiger partial charge in [0, 0.05) is 36.0 Å². The Morgan fingerprint density at radius 2 is 1.97 bits per heavy atom. The number of hydrogen-bond donors (Lipinski definition) is 2. The lowest BCUT2D eigenvalue weighted by Gasteiger charge is -2.16. The van der Waals surface area contributed by atoms with Crippen molar-refractivity contribution in [1.29, 1.82) is 5.26 Å². The molecule has 8 nitrogen and oxygen atoms in total. The molecule has 1 amide bonds. The third kappa shape index (κ3) is 7.85. The first-order valence-electron chi connectivity index (χ1n) is 12.7. The molecule has 0 radical (unpaired) electrons. The monoisotopic (exact) mass is 535 g/mol. The molecule has 9 heteroatoms. The summed E-state index contributed by atoms with van der Waals surface area (Å²) in [5.41, 5.74) is 2.67. The number of ether oxygens (including phenoxy) is 2. The molecule has 0 aliphatic carbocycles. The van der Waals surface area contributed by atoms with Crippen molar-refractivity contribution in [3.05, 3.63) is 59.3 Å². The second kappa shape index (κ2) is 14.2. The van der Waals surface area contributed by atoms with Gasteiger partial charge in [0.05, 0.1) is 40.7 Å². The van der Waals surface area contributed by atoms with E-state index in [1.807, 2.05) is 38.1 Å². The second-order valence-electron chi connectivity index (χ2n) is 8.94. The number of nitriles is 1. The molecular weight excluding hydrogens is 502 g/mol. The highest BCUT2D eigenvalue weighted by atomic mass is 35.5. The normalized spacial score (nSPS) is 11.1. The molecule has 1 heterocycles. The largest absolute Gasteiger partial charge is 0.492 e. The zero-order valence-corrected chi connectivity index (χ0v) is 23.1. The molecule has 0 aliphatic rings. The van der Waals surface area contributed by atoms with Crippen molar-refractivity contribution in [1.82, 2.24) is 9.88 Å². The minimum Gasteiger partial charge on any atom is -0.492 e. The maximum atomic E-state index is 12.6. The molecule has 2 aromatic carbocycles. The second-order valence-corrected chi connectivity index (χ2v) is 9.34. The molecule has 0 saturated carbocycles. The van der Waals surface area contributed by atoms with Crippen LogP contribution in [0.5, 0.6) is 11.5 Å². The summed E-state index contributed by atoms with van der Waals surface area (Å²) in [4.78, 5) is 19.0. The highest BCUT2D eigenvalue weighted by Gasteiger charge is 2.16. The van der Waals surface area contributed by atoms with E-state index in [9.17, 15) is 10.1 Å². The fourth-order valence-corrected chi connectivity index (χ4v) is 3.97. The molecule has 0 fully saturated rings. The number of rotatable bonds is 13. The zero-order chi connectivity index (χ0) is 27.5. The molecule has 2 N–H and O–H groups in total. The first-order chi connectivity index (χ1) is 18.4. The number of nitrogens with zero attached hydrogens (tertiary/aromatic N) is 3. The number of pyridine rings is 1. The van der Waals surface area contributed by atoms with Crippen molar-refractivity contribution < 1.29 is 14.3 Å². The van der Waals surface area contributed by atoms with E-state index in [2.05, 4.69) is 28.6 Å². The highest BCUT2D eigenvalue weighted by molar-refractivity contribution is 6.32. The van der Waals surface area contributed by atoms with E-state index < -0.39 is 0 Å². The number of benzene rings is 2. The lowest BCUT2D eigenvalue weighted by atomic mass is 10.1. The molecule has 1 aromatic heterocycles. The van der Waals surface area contributed by atoms with Gasteiger partial charge < -0.3 is 25.0 Å². The third-order valence-electron chi connectivity index (χ3n) is 5.59. The molecule has 0 aliphatic heterocycles. The minimum absolute atomic E-state index is 0.285. The Bertz CT molecular complexity index is 1330. The van der Waals surface area contributed by atoms with E-state index in [0.717, 1.165) is 19.3 Å². The van der Waals surface area contributed by atoms with Gasteiger partial charge in [0.15, 0.2) is 0 Å². The number of carbonyl (C=O) groups is 1. The molecule has 0 spiro atoms. The summed E-state index contributed by atoms with van der Waals surface area (Å²) in [6.07, 6.45) is 7.95. The minimum atomic E-state index is -0.285. The van der Waals surface area contributed by atoms with Gasteiger partial charge in [-0.3, -0.25) is 9.78 Å². The summed E-state index contributed by atoms with van der Waals surface area (Å²) in [5, 5.41) is 17.1. The molecule has 38 heavy (non-hydrogen) atoms. The first-order valence-corrected chi connectivity index (χ1v) is 13.0. The van der Waals surface area contributed by atoms with Crippen molar-refractivity contribution in [3.8, 4) is 17.6 Å². The van der Waals surface area contributed by atoms with E-state index in [1.165, 1.54) is 12.3 Å². The van der Waals surface area contributed by atoms with Crippen LogP contribution in [0, 0.1) is 11.3 Å². The Morgan fingerprint density at radius 1 is 1.16 bits per heavy atom. The van der Waals surface area contributed by atoms with E-state index in [0.29, 0.717) is 69.8 Å². The van der Waals surface area contributed by atoms with Gasteiger partial charge in [-0.15, -0.1) is 0 Å². The van der Waals surface area contributed by atoms with Crippen LogP contribution in [0.1, 0.15) is 38.7 Å². The third-order valence-corrected chi connectivity index (χ3v) is 5.89. The number of carbonyl (C=O) groups excluding carboxylic acids is 1. The van der Waals surface area contributed by atoms with E-state index in [-0.39, 0.29) is 5.91 Å². The maximum absolute atomic E-state index is 12.6. The van der Waals surface area contributed by atoms with Gasteiger partial charge in [-0.05, 0) is 51.7 Å². The van der Waals surface area contributed by atoms with Crippen LogP contribution in [0.4, 0.5) is 17.1 Å². The maximum Gasteiger partial charge on any atom is 0.248 e. The van der Waals surface area contributed by atoms with Gasteiger partial charge in [0.25, 0.3) is 0 Å². The predicted molar refractivity (Wildman–Crippen MR) is 154 cm³/mol. The molecule has 3 aromatic rings. The number of nitrogens with one attached hydrogen (secondary N) is 2. The Hall–Kier alpha value is -3.80. The summed E-state index contributed by atoms with van der Waals surface area (Å²) < 4.78 is 11.6. The van der Waals surface area contributed by atoms with Crippen molar-refractivity contribution in [2.45, 2.75) is 33.1 Å². The number of halogens is 1. The van der Waals surface area contributed by atoms with Crippen LogP contribution in [0.15, 0.2) is 48.7 Å². The molecule has 0 atom stereocenters. The number of fused-ring (bicyclic) bond motifs is 1. The lowest BCUT2D eigenvalue weighted by molar-refractivity contribution is -0.111. The summed E-state index contributed by atoms with van der Waals surface area (Å²) in [7, 11) is 3.85. The number of aromatic nitrogens is 1. The molecule has 0 unspecified atom stereocenters. The summed E-state index contributed by atoms with van der Waals surface area (Å²) in [6.45, 7) is 5.67. The highest BCUT2D eigenvalue weighted by Crippen LogP contribution is 2.37. The van der Waals surface area contributed by atoms with Crippen molar-refractivity contribution in [3.63, 3.8) is 0 Å². The van der Waals surface area contributed by atoms with E-state index in [4.69, 9.17) is 21.1 Å². The number of hydrogen-bond acceptors (Lipinski definition) is 7. The molecule has 3 rings (SSSR count). The van der Waals surface area contributed by atoms with Crippen LogP contribution in [-0.2, 0) is 4.79 Å². The Labute approximate surface area is 229 Å². The van der Waals surface area contributed by atoms with Crippen LogP contribution in [0.25, 0.3) is 10.9 Å². The number of likely N-dealkylation sites (N-methyl/N-ethyl adjacent to an activating group) is 1. The van der Waals surface area contributed by atoms with Crippen LogP contribution in [0.3, 0.4) is 0 Å². The lowest BCUT2D eigenvalue weighted by Crippen LogP contribution is -2.13. The average Bonchev–Trinajstić information content (AvgIpc) is 2.88. The Kier molecular flexibility index (Phi) is 10.8. The smallest absolute Gasteiger partial charge is 0.248 e. The molecule has 0 bridgehead atoms. The van der Waals surface area contributed by atoms with E-state index in [1.54, 1.807) is 24.3 Å². The van der Waals surface area contributed by atoms with Gasteiger partial charge in [0.2, 0.25) is 5.91 Å². The number of unbranched alkanes of at least 4 members (excludes halogenated alkanes) is 2.